The van der Waals surface area contributed by atoms with Crippen molar-refractivity contribution in [3.05, 3.63) is 70.9 Å². The van der Waals surface area contributed by atoms with Crippen molar-refractivity contribution < 1.29 is 14.0 Å². The molecule has 2 aromatic carbocycles. The molecule has 3 aromatic rings. The van der Waals surface area contributed by atoms with Crippen LogP contribution in [-0.2, 0) is 0 Å². The second kappa shape index (κ2) is 7.19. The Labute approximate surface area is 143 Å². The van der Waals surface area contributed by atoms with E-state index in [1.165, 1.54) is 0 Å². The Morgan fingerprint density at radius 2 is 1.62 bits per heavy atom. The van der Waals surface area contributed by atoms with E-state index in [1.54, 1.807) is 48.5 Å². The molecule has 0 aliphatic heterocycles. The Morgan fingerprint density at radius 1 is 0.917 bits per heavy atom. The maximum Gasteiger partial charge on any atom is 0.287 e. The van der Waals surface area contributed by atoms with Crippen molar-refractivity contribution in [1.29, 1.82) is 0 Å². The van der Waals surface area contributed by atoms with Crippen molar-refractivity contribution >= 4 is 34.4 Å². The lowest BCUT2D eigenvalue weighted by atomic mass is 10.2. The minimum absolute atomic E-state index is 0.178. The predicted molar refractivity (Wildman–Crippen MR) is 92.3 cm³/mol. The number of carbonyl (C=O) groups is 2. The number of nitrogens with one attached hydrogen (secondary N) is 2. The summed E-state index contributed by atoms with van der Waals surface area (Å²) in [5.41, 5.74) is 1.18. The molecule has 1 aromatic heterocycles. The Morgan fingerprint density at radius 3 is 2.38 bits per heavy atom. The summed E-state index contributed by atoms with van der Waals surface area (Å²) in [6.45, 7) is 0.626. The van der Waals surface area contributed by atoms with Gasteiger partial charge < -0.3 is 15.1 Å². The van der Waals surface area contributed by atoms with Gasteiger partial charge in [-0.05, 0) is 36.4 Å². The van der Waals surface area contributed by atoms with E-state index < -0.39 is 0 Å². The smallest absolute Gasteiger partial charge is 0.287 e. The first-order valence-electron chi connectivity index (χ1n) is 7.44. The van der Waals surface area contributed by atoms with Crippen LogP contribution in [0.5, 0.6) is 0 Å². The van der Waals surface area contributed by atoms with Gasteiger partial charge in [0.25, 0.3) is 11.8 Å². The molecule has 6 heteroatoms. The number of carbonyl (C=O) groups excluding carboxylic acids is 2. The van der Waals surface area contributed by atoms with E-state index in [-0.39, 0.29) is 17.6 Å². The highest BCUT2D eigenvalue weighted by atomic mass is 35.5. The number of halogens is 1. The molecule has 5 nitrogen and oxygen atoms in total. The van der Waals surface area contributed by atoms with Gasteiger partial charge in [-0.2, -0.15) is 0 Å². The van der Waals surface area contributed by atoms with E-state index in [2.05, 4.69) is 10.6 Å². The summed E-state index contributed by atoms with van der Waals surface area (Å²) in [7, 11) is 0. The van der Waals surface area contributed by atoms with Crippen LogP contribution < -0.4 is 10.6 Å². The zero-order valence-corrected chi connectivity index (χ0v) is 13.5. The number of rotatable bonds is 5. The third kappa shape index (κ3) is 3.75. The predicted octanol–water partition coefficient (Wildman–Crippen LogP) is 3.25. The summed E-state index contributed by atoms with van der Waals surface area (Å²) >= 11 is 5.91. The van der Waals surface area contributed by atoms with E-state index >= 15 is 0 Å². The average molecular weight is 343 g/mol. The number of fused-ring (bicyclic) bond motifs is 1. The van der Waals surface area contributed by atoms with E-state index in [4.69, 9.17) is 16.0 Å². The lowest BCUT2D eigenvalue weighted by Gasteiger charge is -2.06. The molecule has 2 N–H and O–H groups in total. The van der Waals surface area contributed by atoms with Crippen LogP contribution in [-0.4, -0.2) is 24.9 Å². The van der Waals surface area contributed by atoms with E-state index in [0.29, 0.717) is 29.3 Å². The van der Waals surface area contributed by atoms with Crippen LogP contribution in [0, 0.1) is 0 Å². The molecule has 0 atom stereocenters. The Balaban J connectivity index is 1.51. The topological polar surface area (TPSA) is 71.3 Å². The van der Waals surface area contributed by atoms with Crippen molar-refractivity contribution in [3.63, 3.8) is 0 Å². The molecule has 0 spiro atoms. The summed E-state index contributed by atoms with van der Waals surface area (Å²) in [4.78, 5) is 23.9. The van der Waals surface area contributed by atoms with Crippen LogP contribution in [0.15, 0.2) is 59.0 Å². The van der Waals surface area contributed by atoms with E-state index in [1.807, 2.05) is 6.07 Å². The van der Waals surface area contributed by atoms with E-state index in [9.17, 15) is 9.59 Å². The molecule has 24 heavy (non-hydrogen) atoms. The second-order valence-corrected chi connectivity index (χ2v) is 5.61. The van der Waals surface area contributed by atoms with Crippen molar-refractivity contribution in [2.75, 3.05) is 13.1 Å². The minimum atomic E-state index is -0.337. The van der Waals surface area contributed by atoms with Gasteiger partial charge in [0.15, 0.2) is 5.76 Å². The molecule has 0 fully saturated rings. The molecule has 3 rings (SSSR count). The molecular formula is C18H15ClN2O3. The lowest BCUT2D eigenvalue weighted by Crippen LogP contribution is -2.34. The fraction of sp³-hybridized carbons (Fsp3) is 0.111. The molecule has 2 amide bonds. The highest BCUT2D eigenvalue weighted by Crippen LogP contribution is 2.22. The fourth-order valence-electron chi connectivity index (χ4n) is 2.26. The van der Waals surface area contributed by atoms with Crippen LogP contribution in [0.3, 0.4) is 0 Å². The molecular weight excluding hydrogens is 328 g/mol. The first kappa shape index (κ1) is 16.1. The van der Waals surface area contributed by atoms with Crippen LogP contribution in [0.4, 0.5) is 0 Å². The minimum Gasteiger partial charge on any atom is -0.451 e. The quantitative estimate of drug-likeness (QED) is 0.699. The van der Waals surface area contributed by atoms with Gasteiger partial charge in [0, 0.05) is 29.1 Å². The highest BCUT2D eigenvalue weighted by Gasteiger charge is 2.12. The first-order chi connectivity index (χ1) is 11.6. The fourth-order valence-corrected chi connectivity index (χ4v) is 2.44. The molecule has 0 saturated heterocycles. The highest BCUT2D eigenvalue weighted by molar-refractivity contribution is 6.31. The van der Waals surface area contributed by atoms with Gasteiger partial charge in [-0.3, -0.25) is 9.59 Å². The maximum absolute atomic E-state index is 12.1. The van der Waals surface area contributed by atoms with Gasteiger partial charge in [-0.15, -0.1) is 0 Å². The van der Waals surface area contributed by atoms with Crippen molar-refractivity contribution in [2.24, 2.45) is 0 Å². The summed E-state index contributed by atoms with van der Waals surface area (Å²) in [6, 6.07) is 15.7. The van der Waals surface area contributed by atoms with Gasteiger partial charge in [0.05, 0.1) is 0 Å². The number of hydrogen-bond acceptors (Lipinski definition) is 3. The molecule has 0 saturated carbocycles. The van der Waals surface area contributed by atoms with Crippen LogP contribution in [0.1, 0.15) is 20.9 Å². The van der Waals surface area contributed by atoms with Crippen LogP contribution in [0.2, 0.25) is 5.02 Å². The Kier molecular flexibility index (Phi) is 4.82. The van der Waals surface area contributed by atoms with Crippen LogP contribution in [0.25, 0.3) is 11.0 Å². The molecule has 0 radical (unpaired) electrons. The SMILES string of the molecule is O=C(NCCNC(=O)c1cc2cc(Cl)ccc2o1)c1ccccc1. The molecule has 0 unspecified atom stereocenters. The normalized spacial score (nSPS) is 10.5. The van der Waals surface area contributed by atoms with Crippen molar-refractivity contribution in [2.45, 2.75) is 0 Å². The first-order valence-corrected chi connectivity index (χ1v) is 7.82. The zero-order chi connectivity index (χ0) is 16.9. The second-order valence-electron chi connectivity index (χ2n) is 5.17. The summed E-state index contributed by atoms with van der Waals surface area (Å²) in [5, 5.41) is 6.79. The maximum atomic E-state index is 12.1. The Hall–Kier alpha value is -2.79. The number of amides is 2. The molecule has 0 aliphatic carbocycles. The number of hydrogen-bond donors (Lipinski definition) is 2. The molecule has 122 valence electrons. The third-order valence-electron chi connectivity index (χ3n) is 3.43. The average Bonchev–Trinajstić information content (AvgIpc) is 3.02. The standard InChI is InChI=1S/C18H15ClN2O3/c19-14-6-7-15-13(10-14)11-16(24-15)18(23)21-9-8-20-17(22)12-4-2-1-3-5-12/h1-7,10-11H,8-9H2,(H,20,22)(H,21,23). The monoisotopic (exact) mass is 342 g/mol. The van der Waals surface area contributed by atoms with Gasteiger partial charge in [-0.1, -0.05) is 29.8 Å². The summed E-state index contributed by atoms with van der Waals surface area (Å²) < 4.78 is 5.47. The number of furan rings is 1. The van der Waals surface area contributed by atoms with Gasteiger partial charge in [-0.25, -0.2) is 0 Å². The summed E-state index contributed by atoms with van der Waals surface area (Å²) in [5.74, 6) is -0.304. The van der Waals surface area contributed by atoms with Gasteiger partial charge >= 0.3 is 0 Å². The van der Waals surface area contributed by atoms with Crippen molar-refractivity contribution in [3.8, 4) is 0 Å². The van der Waals surface area contributed by atoms with Crippen molar-refractivity contribution in [1.82, 2.24) is 10.6 Å². The largest absolute Gasteiger partial charge is 0.451 e. The van der Waals surface area contributed by atoms with Gasteiger partial charge in [0.1, 0.15) is 5.58 Å². The van der Waals surface area contributed by atoms with Crippen LogP contribution >= 0.6 is 11.6 Å². The summed E-state index contributed by atoms with van der Waals surface area (Å²) in [6.07, 6.45) is 0. The number of benzene rings is 2. The van der Waals surface area contributed by atoms with E-state index in [0.717, 1.165) is 5.39 Å². The molecule has 1 heterocycles. The Bertz CT molecular complexity index is 874. The third-order valence-corrected chi connectivity index (χ3v) is 3.67. The molecule has 0 bridgehead atoms. The van der Waals surface area contributed by atoms with Gasteiger partial charge in [0.2, 0.25) is 0 Å². The lowest BCUT2D eigenvalue weighted by molar-refractivity contribution is 0.0912. The zero-order valence-electron chi connectivity index (χ0n) is 12.7. The molecule has 0 aliphatic rings.